The highest BCUT2D eigenvalue weighted by molar-refractivity contribution is 5.74. The van der Waals surface area contributed by atoms with Crippen LogP contribution in [0.25, 0.3) is 0 Å². The van der Waals surface area contributed by atoms with Gasteiger partial charge in [0.25, 0.3) is 0 Å². The molecule has 3 heteroatoms. The predicted molar refractivity (Wildman–Crippen MR) is 71.2 cm³/mol. The Bertz CT molecular complexity index is 363. The van der Waals surface area contributed by atoms with E-state index in [0.717, 1.165) is 12.8 Å². The Morgan fingerprint density at radius 3 is 2.71 bits per heavy atom. The third-order valence-corrected chi connectivity index (χ3v) is 2.93. The molecule has 3 nitrogen and oxygen atoms in total. The maximum absolute atomic E-state index is 11.5. The van der Waals surface area contributed by atoms with Gasteiger partial charge in [-0.2, -0.15) is 0 Å². The molecule has 0 saturated heterocycles. The van der Waals surface area contributed by atoms with E-state index >= 15 is 0 Å². The van der Waals surface area contributed by atoms with Gasteiger partial charge in [0.2, 0.25) is 0 Å². The van der Waals surface area contributed by atoms with E-state index in [1.54, 1.807) is 0 Å². The second-order valence-electron chi connectivity index (χ2n) is 4.39. The fraction of sp³-hybridized carbons (Fsp3) is 0.500. The number of hydrogen-bond acceptors (Lipinski definition) is 1. The Kier molecular flexibility index (Phi) is 5.53. The van der Waals surface area contributed by atoms with Crippen LogP contribution in [-0.2, 0) is 6.42 Å². The zero-order chi connectivity index (χ0) is 12.7. The fourth-order valence-electron chi connectivity index (χ4n) is 1.58. The van der Waals surface area contributed by atoms with Crippen LogP contribution in [0.2, 0.25) is 0 Å². The van der Waals surface area contributed by atoms with Crippen LogP contribution in [0.5, 0.6) is 0 Å². The quantitative estimate of drug-likeness (QED) is 0.808. The van der Waals surface area contributed by atoms with Crippen LogP contribution in [0.1, 0.15) is 31.4 Å². The first kappa shape index (κ1) is 13.6. The molecule has 0 saturated carbocycles. The van der Waals surface area contributed by atoms with Gasteiger partial charge in [-0.15, -0.1) is 0 Å². The Morgan fingerprint density at radius 2 is 2.06 bits per heavy atom. The van der Waals surface area contributed by atoms with Gasteiger partial charge >= 0.3 is 6.03 Å². The zero-order valence-electron chi connectivity index (χ0n) is 10.9. The summed E-state index contributed by atoms with van der Waals surface area (Å²) in [7, 11) is 0. The van der Waals surface area contributed by atoms with Crippen molar-refractivity contribution in [2.24, 2.45) is 0 Å². The van der Waals surface area contributed by atoms with Gasteiger partial charge in [-0.3, -0.25) is 0 Å². The predicted octanol–water partition coefficient (Wildman–Crippen LogP) is 2.64. The summed E-state index contributed by atoms with van der Waals surface area (Å²) in [5, 5.41) is 5.75. The molecule has 94 valence electrons. The molecule has 2 amide bonds. The maximum Gasteiger partial charge on any atom is 0.315 e. The smallest absolute Gasteiger partial charge is 0.315 e. The standard InChI is InChI=1S/C14H22N2O/c1-4-12(3)16-14(17)15-10-9-13-8-6-5-7-11(13)2/h5-8,12H,4,9-10H2,1-3H3,(H2,15,16,17). The van der Waals surface area contributed by atoms with Crippen molar-refractivity contribution < 1.29 is 4.79 Å². The minimum absolute atomic E-state index is 0.0760. The first-order chi connectivity index (χ1) is 8.13. The van der Waals surface area contributed by atoms with Crippen molar-refractivity contribution in [3.8, 4) is 0 Å². The SMILES string of the molecule is CCC(C)NC(=O)NCCc1ccccc1C. The molecule has 1 unspecified atom stereocenters. The highest BCUT2D eigenvalue weighted by atomic mass is 16.2. The molecule has 1 atom stereocenters. The van der Waals surface area contributed by atoms with Gasteiger partial charge in [0, 0.05) is 12.6 Å². The van der Waals surface area contributed by atoms with Crippen LogP contribution in [0.15, 0.2) is 24.3 Å². The number of benzene rings is 1. The molecule has 17 heavy (non-hydrogen) atoms. The normalized spacial score (nSPS) is 11.9. The van der Waals surface area contributed by atoms with Crippen molar-refractivity contribution in [2.75, 3.05) is 6.54 Å². The number of carbonyl (C=O) groups excluding carboxylic acids is 1. The van der Waals surface area contributed by atoms with Crippen molar-refractivity contribution in [1.82, 2.24) is 10.6 Å². The second-order valence-corrected chi connectivity index (χ2v) is 4.39. The van der Waals surface area contributed by atoms with E-state index in [9.17, 15) is 4.79 Å². The molecule has 1 aromatic rings. The second kappa shape index (κ2) is 6.94. The van der Waals surface area contributed by atoms with E-state index in [2.05, 4.69) is 36.6 Å². The fourth-order valence-corrected chi connectivity index (χ4v) is 1.58. The maximum atomic E-state index is 11.5. The summed E-state index contributed by atoms with van der Waals surface area (Å²) in [6, 6.07) is 8.41. The lowest BCUT2D eigenvalue weighted by Crippen LogP contribution is -2.41. The van der Waals surface area contributed by atoms with Crippen molar-refractivity contribution in [1.29, 1.82) is 0 Å². The summed E-state index contributed by atoms with van der Waals surface area (Å²) in [6.45, 7) is 6.82. The van der Waals surface area contributed by atoms with Gasteiger partial charge in [-0.25, -0.2) is 4.79 Å². The third-order valence-electron chi connectivity index (χ3n) is 2.93. The summed E-state index contributed by atoms with van der Waals surface area (Å²) >= 11 is 0. The lowest BCUT2D eigenvalue weighted by Gasteiger charge is -2.12. The molecular weight excluding hydrogens is 212 g/mol. The third kappa shape index (κ3) is 4.89. The molecule has 0 spiro atoms. The topological polar surface area (TPSA) is 41.1 Å². The van der Waals surface area contributed by atoms with Crippen LogP contribution in [0.3, 0.4) is 0 Å². The van der Waals surface area contributed by atoms with Crippen molar-refractivity contribution >= 4 is 6.03 Å². The van der Waals surface area contributed by atoms with Crippen LogP contribution in [0.4, 0.5) is 4.79 Å². The number of amides is 2. The number of urea groups is 1. The Labute approximate surface area is 104 Å². The summed E-state index contributed by atoms with van der Waals surface area (Å²) in [5.74, 6) is 0. The van der Waals surface area contributed by atoms with E-state index in [4.69, 9.17) is 0 Å². The molecule has 1 rings (SSSR count). The first-order valence-electron chi connectivity index (χ1n) is 6.22. The lowest BCUT2D eigenvalue weighted by atomic mass is 10.1. The van der Waals surface area contributed by atoms with E-state index < -0.39 is 0 Å². The van der Waals surface area contributed by atoms with Crippen LogP contribution in [0, 0.1) is 6.92 Å². The summed E-state index contributed by atoms with van der Waals surface area (Å²) in [5.41, 5.74) is 2.56. The Morgan fingerprint density at radius 1 is 1.35 bits per heavy atom. The zero-order valence-corrected chi connectivity index (χ0v) is 10.9. The Balaban J connectivity index is 2.29. The van der Waals surface area contributed by atoms with Gasteiger partial charge in [-0.1, -0.05) is 31.2 Å². The van der Waals surface area contributed by atoms with Crippen LogP contribution in [-0.4, -0.2) is 18.6 Å². The van der Waals surface area contributed by atoms with Crippen LogP contribution < -0.4 is 10.6 Å². The van der Waals surface area contributed by atoms with E-state index in [1.165, 1.54) is 11.1 Å². The number of hydrogen-bond donors (Lipinski definition) is 2. The highest BCUT2D eigenvalue weighted by Crippen LogP contribution is 2.06. The minimum Gasteiger partial charge on any atom is -0.338 e. The average molecular weight is 234 g/mol. The van der Waals surface area contributed by atoms with Crippen molar-refractivity contribution in [3.05, 3.63) is 35.4 Å². The van der Waals surface area contributed by atoms with Gasteiger partial charge in [0.1, 0.15) is 0 Å². The Hall–Kier alpha value is -1.51. The van der Waals surface area contributed by atoms with Crippen LogP contribution >= 0.6 is 0 Å². The molecule has 0 radical (unpaired) electrons. The van der Waals surface area contributed by atoms with Crippen molar-refractivity contribution in [2.45, 2.75) is 39.7 Å². The number of nitrogens with one attached hydrogen (secondary N) is 2. The first-order valence-corrected chi connectivity index (χ1v) is 6.22. The minimum atomic E-state index is -0.0760. The van der Waals surface area contributed by atoms with Gasteiger partial charge < -0.3 is 10.6 Å². The average Bonchev–Trinajstić information content (AvgIpc) is 2.31. The monoisotopic (exact) mass is 234 g/mol. The van der Waals surface area contributed by atoms with Gasteiger partial charge in [-0.05, 0) is 37.8 Å². The molecule has 0 aromatic heterocycles. The van der Waals surface area contributed by atoms with E-state index in [0.29, 0.717) is 6.54 Å². The molecule has 0 aliphatic carbocycles. The van der Waals surface area contributed by atoms with Crippen molar-refractivity contribution in [3.63, 3.8) is 0 Å². The largest absolute Gasteiger partial charge is 0.338 e. The summed E-state index contributed by atoms with van der Waals surface area (Å²) < 4.78 is 0. The van der Waals surface area contributed by atoms with E-state index in [1.807, 2.05) is 19.1 Å². The highest BCUT2D eigenvalue weighted by Gasteiger charge is 2.04. The molecule has 0 aliphatic rings. The molecule has 2 N–H and O–H groups in total. The molecule has 1 aromatic carbocycles. The number of rotatable bonds is 5. The number of carbonyl (C=O) groups is 1. The van der Waals surface area contributed by atoms with E-state index in [-0.39, 0.29) is 12.1 Å². The number of aryl methyl sites for hydroxylation is 1. The summed E-state index contributed by atoms with van der Waals surface area (Å²) in [6.07, 6.45) is 1.83. The van der Waals surface area contributed by atoms with Gasteiger partial charge in [0.15, 0.2) is 0 Å². The lowest BCUT2D eigenvalue weighted by molar-refractivity contribution is 0.237. The van der Waals surface area contributed by atoms with Gasteiger partial charge in [0.05, 0.1) is 0 Å². The molecule has 0 aliphatic heterocycles. The molecule has 0 fully saturated rings. The summed E-state index contributed by atoms with van der Waals surface area (Å²) in [4.78, 5) is 11.5. The molecule has 0 heterocycles. The molecule has 0 bridgehead atoms. The molecular formula is C14H22N2O.